The molecule has 1 aromatic rings. The van der Waals surface area contributed by atoms with Crippen molar-refractivity contribution in [2.45, 2.75) is 37.9 Å². The lowest BCUT2D eigenvalue weighted by Gasteiger charge is -2.39. The summed E-state index contributed by atoms with van der Waals surface area (Å²) in [4.78, 5) is 22.1. The second-order valence-corrected chi connectivity index (χ2v) is 6.20. The van der Waals surface area contributed by atoms with Crippen molar-refractivity contribution in [1.29, 1.82) is 0 Å². The molecule has 1 spiro atoms. The van der Waals surface area contributed by atoms with E-state index in [1.54, 1.807) is 6.33 Å². The zero-order valence-electron chi connectivity index (χ0n) is 12.1. The molecule has 0 aromatic carbocycles. The van der Waals surface area contributed by atoms with E-state index >= 15 is 0 Å². The van der Waals surface area contributed by atoms with Gasteiger partial charge in [0.25, 0.3) is 0 Å². The Morgan fingerprint density at radius 1 is 1.33 bits per heavy atom. The molecule has 21 heavy (non-hydrogen) atoms. The van der Waals surface area contributed by atoms with Crippen molar-refractivity contribution >= 4 is 5.91 Å². The van der Waals surface area contributed by atoms with Gasteiger partial charge in [0.05, 0.1) is 25.2 Å². The molecule has 1 N–H and O–H groups in total. The third-order valence-corrected chi connectivity index (χ3v) is 4.99. The van der Waals surface area contributed by atoms with Crippen LogP contribution in [0.1, 0.15) is 30.7 Å². The lowest BCUT2D eigenvalue weighted by molar-refractivity contribution is -0.188. The third kappa shape index (κ3) is 2.36. The Labute approximate surface area is 123 Å². The molecular weight excluding hydrogens is 270 g/mol. The molecule has 1 unspecified atom stereocenters. The van der Waals surface area contributed by atoms with Crippen molar-refractivity contribution in [3.05, 3.63) is 17.7 Å². The second-order valence-electron chi connectivity index (χ2n) is 6.20. The van der Waals surface area contributed by atoms with E-state index in [2.05, 4.69) is 9.97 Å². The van der Waals surface area contributed by atoms with Crippen LogP contribution < -0.4 is 0 Å². The van der Waals surface area contributed by atoms with Crippen molar-refractivity contribution < 1.29 is 14.3 Å². The van der Waals surface area contributed by atoms with E-state index in [0.717, 1.165) is 56.6 Å². The van der Waals surface area contributed by atoms with Gasteiger partial charge in [0.1, 0.15) is 0 Å². The summed E-state index contributed by atoms with van der Waals surface area (Å²) in [6, 6.07) is 0. The minimum Gasteiger partial charge on any atom is -0.348 e. The summed E-state index contributed by atoms with van der Waals surface area (Å²) in [5, 5.41) is 0. The third-order valence-electron chi connectivity index (χ3n) is 4.99. The van der Waals surface area contributed by atoms with Crippen molar-refractivity contribution in [3.8, 4) is 0 Å². The fourth-order valence-corrected chi connectivity index (χ4v) is 3.72. The number of imidazole rings is 1. The number of piperidine rings is 1. The minimum atomic E-state index is -0.403. The van der Waals surface area contributed by atoms with Crippen LogP contribution in [0.15, 0.2) is 6.33 Å². The molecule has 2 saturated heterocycles. The molecule has 3 aliphatic rings. The van der Waals surface area contributed by atoms with Gasteiger partial charge in [-0.05, 0) is 12.8 Å². The van der Waals surface area contributed by atoms with Crippen LogP contribution in [-0.2, 0) is 27.1 Å². The highest BCUT2D eigenvalue weighted by molar-refractivity contribution is 5.79. The summed E-state index contributed by atoms with van der Waals surface area (Å²) in [6.07, 6.45) is 5.92. The van der Waals surface area contributed by atoms with Gasteiger partial charge < -0.3 is 19.4 Å². The first-order chi connectivity index (χ1) is 10.3. The molecule has 114 valence electrons. The van der Waals surface area contributed by atoms with E-state index in [0.29, 0.717) is 13.2 Å². The predicted molar refractivity (Wildman–Crippen MR) is 74.6 cm³/mol. The molecule has 1 aliphatic carbocycles. The number of aromatic nitrogens is 2. The summed E-state index contributed by atoms with van der Waals surface area (Å²) in [5.41, 5.74) is 2.26. The summed E-state index contributed by atoms with van der Waals surface area (Å²) < 4.78 is 11.4. The maximum absolute atomic E-state index is 12.7. The van der Waals surface area contributed by atoms with E-state index in [4.69, 9.17) is 9.47 Å². The molecule has 2 fully saturated rings. The second kappa shape index (κ2) is 5.10. The number of nitrogens with zero attached hydrogens (tertiary/aromatic N) is 2. The number of aryl methyl sites for hydroxylation is 1. The topological polar surface area (TPSA) is 67.5 Å². The van der Waals surface area contributed by atoms with Crippen LogP contribution in [0.25, 0.3) is 0 Å². The number of rotatable bonds is 1. The van der Waals surface area contributed by atoms with Crippen molar-refractivity contribution in [2.75, 3.05) is 26.3 Å². The molecule has 1 atom stereocenters. The average Bonchev–Trinajstić information content (AvgIpc) is 3.16. The van der Waals surface area contributed by atoms with Crippen molar-refractivity contribution in [1.82, 2.24) is 14.9 Å². The minimum absolute atomic E-state index is 0.0948. The summed E-state index contributed by atoms with van der Waals surface area (Å²) in [7, 11) is 0. The number of nitrogens with one attached hydrogen (secondary N) is 1. The van der Waals surface area contributed by atoms with E-state index in [-0.39, 0.29) is 11.8 Å². The van der Waals surface area contributed by atoms with Gasteiger partial charge in [0, 0.05) is 44.0 Å². The van der Waals surface area contributed by atoms with Crippen LogP contribution in [0.5, 0.6) is 0 Å². The Morgan fingerprint density at radius 2 is 2.10 bits per heavy atom. The summed E-state index contributed by atoms with van der Waals surface area (Å²) in [5.74, 6) is -0.0274. The van der Waals surface area contributed by atoms with Crippen LogP contribution in [0.3, 0.4) is 0 Å². The smallest absolute Gasteiger partial charge is 0.226 e. The first kappa shape index (κ1) is 13.3. The van der Waals surface area contributed by atoms with Gasteiger partial charge in [0.2, 0.25) is 5.91 Å². The van der Waals surface area contributed by atoms with Gasteiger partial charge >= 0.3 is 0 Å². The van der Waals surface area contributed by atoms with Crippen LogP contribution in [0.2, 0.25) is 0 Å². The molecule has 1 aromatic heterocycles. The number of hydrogen-bond acceptors (Lipinski definition) is 4. The molecule has 6 heteroatoms. The highest BCUT2D eigenvalue weighted by Crippen LogP contribution is 2.33. The first-order valence-electron chi connectivity index (χ1n) is 7.84. The first-order valence-corrected chi connectivity index (χ1v) is 7.84. The summed E-state index contributed by atoms with van der Waals surface area (Å²) >= 11 is 0. The van der Waals surface area contributed by atoms with Crippen LogP contribution in [-0.4, -0.2) is 52.9 Å². The standard InChI is InChI=1S/C15H21N3O3/c19-14(11-1-2-12-13(9-11)17-10-16-12)18-5-3-15(4-6-18)20-7-8-21-15/h10-11H,1-9H2,(H,16,17). The lowest BCUT2D eigenvalue weighted by atomic mass is 9.88. The van der Waals surface area contributed by atoms with Crippen molar-refractivity contribution in [3.63, 3.8) is 0 Å². The van der Waals surface area contributed by atoms with E-state index in [1.807, 2.05) is 4.90 Å². The highest BCUT2D eigenvalue weighted by atomic mass is 16.7. The molecule has 0 saturated carbocycles. The fraction of sp³-hybridized carbons (Fsp3) is 0.733. The normalized spacial score (nSPS) is 27.8. The number of aromatic amines is 1. The number of ether oxygens (including phenoxy) is 2. The van der Waals surface area contributed by atoms with Gasteiger partial charge in [-0.1, -0.05) is 0 Å². The number of carbonyl (C=O) groups is 1. The zero-order valence-corrected chi connectivity index (χ0v) is 12.1. The molecule has 0 bridgehead atoms. The molecular formula is C15H21N3O3. The Balaban J connectivity index is 1.38. The highest BCUT2D eigenvalue weighted by Gasteiger charge is 2.42. The Morgan fingerprint density at radius 3 is 2.86 bits per heavy atom. The van der Waals surface area contributed by atoms with E-state index < -0.39 is 5.79 Å². The van der Waals surface area contributed by atoms with E-state index in [1.165, 1.54) is 0 Å². The zero-order chi connectivity index (χ0) is 14.3. The van der Waals surface area contributed by atoms with Gasteiger partial charge in [-0.25, -0.2) is 4.98 Å². The SMILES string of the molecule is O=C(C1CCc2nc[nH]c2C1)N1CCC2(CC1)OCCO2. The molecule has 0 radical (unpaired) electrons. The molecule has 4 rings (SSSR count). The largest absolute Gasteiger partial charge is 0.348 e. The van der Waals surface area contributed by atoms with Gasteiger partial charge in [-0.2, -0.15) is 0 Å². The Kier molecular flexibility index (Phi) is 3.23. The average molecular weight is 291 g/mol. The maximum Gasteiger partial charge on any atom is 0.226 e. The van der Waals surface area contributed by atoms with Crippen LogP contribution >= 0.6 is 0 Å². The van der Waals surface area contributed by atoms with Gasteiger partial charge in [-0.3, -0.25) is 4.79 Å². The monoisotopic (exact) mass is 291 g/mol. The number of amides is 1. The molecule has 3 heterocycles. The molecule has 2 aliphatic heterocycles. The Bertz CT molecular complexity index is 526. The number of H-pyrrole nitrogens is 1. The summed E-state index contributed by atoms with van der Waals surface area (Å²) in [6.45, 7) is 2.84. The number of carbonyl (C=O) groups excluding carboxylic acids is 1. The van der Waals surface area contributed by atoms with E-state index in [9.17, 15) is 4.79 Å². The molecule has 1 amide bonds. The number of hydrogen-bond donors (Lipinski definition) is 1. The van der Waals surface area contributed by atoms with Gasteiger partial charge in [-0.15, -0.1) is 0 Å². The number of likely N-dealkylation sites (tertiary alicyclic amines) is 1. The Hall–Kier alpha value is -1.40. The number of fused-ring (bicyclic) bond motifs is 1. The van der Waals surface area contributed by atoms with Gasteiger partial charge in [0.15, 0.2) is 5.79 Å². The fourth-order valence-electron chi connectivity index (χ4n) is 3.72. The van der Waals surface area contributed by atoms with Crippen molar-refractivity contribution in [2.24, 2.45) is 5.92 Å². The van der Waals surface area contributed by atoms with Crippen LogP contribution in [0.4, 0.5) is 0 Å². The maximum atomic E-state index is 12.7. The predicted octanol–water partition coefficient (Wildman–Crippen LogP) is 0.880. The van der Waals surface area contributed by atoms with Crippen LogP contribution in [0, 0.1) is 5.92 Å². The quantitative estimate of drug-likeness (QED) is 0.834. The molecule has 6 nitrogen and oxygen atoms in total. The lowest BCUT2D eigenvalue weighted by Crippen LogP contribution is -2.49.